The van der Waals surface area contributed by atoms with E-state index in [4.69, 9.17) is 4.52 Å². The first kappa shape index (κ1) is 12.9. The van der Waals surface area contributed by atoms with Gasteiger partial charge in [-0.05, 0) is 19.8 Å². The van der Waals surface area contributed by atoms with E-state index in [1.54, 1.807) is 0 Å². The van der Waals surface area contributed by atoms with Crippen molar-refractivity contribution in [3.8, 4) is 0 Å². The number of likely N-dealkylation sites (tertiary alicyclic amines) is 1. The van der Waals surface area contributed by atoms with Crippen LogP contribution in [-0.4, -0.2) is 40.7 Å². The van der Waals surface area contributed by atoms with Crippen LogP contribution in [0.1, 0.15) is 44.3 Å². The molecule has 1 unspecified atom stereocenters. The molecule has 1 N–H and O–H groups in total. The van der Waals surface area contributed by atoms with Gasteiger partial charge < -0.3 is 14.7 Å². The molecule has 0 bridgehead atoms. The molecule has 0 aromatic carbocycles. The van der Waals surface area contributed by atoms with Crippen molar-refractivity contribution in [2.24, 2.45) is 0 Å². The Hall–Kier alpha value is -1.59. The molecule has 1 aliphatic rings. The number of rotatable bonds is 3. The van der Waals surface area contributed by atoms with Gasteiger partial charge in [-0.3, -0.25) is 0 Å². The molecule has 0 radical (unpaired) electrons. The molecule has 6 heteroatoms. The zero-order chi connectivity index (χ0) is 13.0. The largest absolute Gasteiger partial charge is 0.339 e. The molecule has 1 fully saturated rings. The van der Waals surface area contributed by atoms with Crippen LogP contribution in [-0.2, 0) is 6.42 Å². The molecule has 1 saturated heterocycles. The standard InChI is InChI=1S/C12H20N4O2/c1-3-10-14-11(15-18-10)9-6-5-7-16(8-9)12(17)13-4-2/h9H,3-8H2,1-2H3,(H,13,17). The Morgan fingerprint density at radius 1 is 1.56 bits per heavy atom. The van der Waals surface area contributed by atoms with Gasteiger partial charge in [0.15, 0.2) is 5.82 Å². The predicted molar refractivity (Wildman–Crippen MR) is 66.3 cm³/mol. The van der Waals surface area contributed by atoms with Crippen LogP contribution < -0.4 is 5.32 Å². The lowest BCUT2D eigenvalue weighted by atomic mass is 9.98. The Kier molecular flexibility index (Phi) is 4.17. The summed E-state index contributed by atoms with van der Waals surface area (Å²) in [4.78, 5) is 18.0. The van der Waals surface area contributed by atoms with Gasteiger partial charge in [-0.1, -0.05) is 12.1 Å². The number of hydrogen-bond donors (Lipinski definition) is 1. The van der Waals surface area contributed by atoms with Crippen molar-refractivity contribution in [2.75, 3.05) is 19.6 Å². The molecule has 0 spiro atoms. The van der Waals surface area contributed by atoms with Gasteiger partial charge in [-0.2, -0.15) is 4.98 Å². The molecule has 6 nitrogen and oxygen atoms in total. The molecule has 2 heterocycles. The van der Waals surface area contributed by atoms with E-state index in [1.165, 1.54) is 0 Å². The average molecular weight is 252 g/mol. The summed E-state index contributed by atoms with van der Waals surface area (Å²) in [6.45, 7) is 6.04. The second kappa shape index (κ2) is 5.84. The number of carbonyl (C=O) groups excluding carboxylic acids is 1. The topological polar surface area (TPSA) is 71.3 Å². The van der Waals surface area contributed by atoms with Crippen LogP contribution in [0.15, 0.2) is 4.52 Å². The third-order valence-corrected chi connectivity index (χ3v) is 3.19. The number of carbonyl (C=O) groups is 1. The van der Waals surface area contributed by atoms with Crippen LogP contribution in [0, 0.1) is 0 Å². The van der Waals surface area contributed by atoms with Crippen molar-refractivity contribution in [2.45, 2.75) is 39.0 Å². The zero-order valence-corrected chi connectivity index (χ0v) is 11.0. The number of nitrogens with zero attached hydrogens (tertiary/aromatic N) is 3. The molecular weight excluding hydrogens is 232 g/mol. The Morgan fingerprint density at radius 2 is 2.39 bits per heavy atom. The van der Waals surface area contributed by atoms with Crippen LogP contribution in [0.3, 0.4) is 0 Å². The average Bonchev–Trinajstić information content (AvgIpc) is 2.88. The molecule has 1 aromatic heterocycles. The van der Waals surface area contributed by atoms with E-state index in [1.807, 2.05) is 18.7 Å². The lowest BCUT2D eigenvalue weighted by molar-refractivity contribution is 0.178. The normalized spacial score (nSPS) is 19.9. The minimum atomic E-state index is 0.00131. The monoisotopic (exact) mass is 252 g/mol. The van der Waals surface area contributed by atoms with E-state index in [0.29, 0.717) is 19.0 Å². The van der Waals surface area contributed by atoms with Gasteiger partial charge in [0, 0.05) is 32.0 Å². The molecule has 0 aliphatic carbocycles. The number of aryl methyl sites for hydroxylation is 1. The number of nitrogens with one attached hydrogen (secondary N) is 1. The molecule has 100 valence electrons. The van der Waals surface area contributed by atoms with Gasteiger partial charge in [-0.25, -0.2) is 4.79 Å². The van der Waals surface area contributed by atoms with Crippen molar-refractivity contribution in [3.05, 3.63) is 11.7 Å². The van der Waals surface area contributed by atoms with E-state index in [2.05, 4.69) is 15.5 Å². The maximum atomic E-state index is 11.8. The lowest BCUT2D eigenvalue weighted by Crippen LogP contribution is -2.45. The maximum Gasteiger partial charge on any atom is 0.317 e. The zero-order valence-electron chi connectivity index (χ0n) is 11.0. The first-order chi connectivity index (χ1) is 8.74. The van der Waals surface area contributed by atoms with Crippen LogP contribution in [0.4, 0.5) is 4.79 Å². The van der Waals surface area contributed by atoms with Gasteiger partial charge in [0.25, 0.3) is 0 Å². The highest BCUT2D eigenvalue weighted by Crippen LogP contribution is 2.24. The quantitative estimate of drug-likeness (QED) is 0.885. The smallest absolute Gasteiger partial charge is 0.317 e. The number of amides is 2. The molecule has 1 aliphatic heterocycles. The van der Waals surface area contributed by atoms with E-state index in [-0.39, 0.29) is 11.9 Å². The number of hydrogen-bond acceptors (Lipinski definition) is 4. The Balaban J connectivity index is 1.99. The minimum Gasteiger partial charge on any atom is -0.339 e. The number of aromatic nitrogens is 2. The van der Waals surface area contributed by atoms with Crippen molar-refractivity contribution in [1.82, 2.24) is 20.4 Å². The Bertz CT molecular complexity index is 405. The van der Waals surface area contributed by atoms with Crippen molar-refractivity contribution < 1.29 is 9.32 Å². The van der Waals surface area contributed by atoms with Crippen LogP contribution in [0.5, 0.6) is 0 Å². The highest BCUT2D eigenvalue weighted by molar-refractivity contribution is 5.74. The van der Waals surface area contributed by atoms with Crippen LogP contribution in [0.25, 0.3) is 0 Å². The van der Waals surface area contributed by atoms with Gasteiger partial charge in [-0.15, -0.1) is 0 Å². The Morgan fingerprint density at radius 3 is 3.06 bits per heavy atom. The number of piperidine rings is 1. The highest BCUT2D eigenvalue weighted by atomic mass is 16.5. The van der Waals surface area contributed by atoms with E-state index in [0.717, 1.165) is 31.6 Å². The first-order valence-electron chi connectivity index (χ1n) is 6.59. The first-order valence-corrected chi connectivity index (χ1v) is 6.59. The van der Waals surface area contributed by atoms with Crippen molar-refractivity contribution in [3.63, 3.8) is 0 Å². The summed E-state index contributed by atoms with van der Waals surface area (Å²) in [5, 5.41) is 6.83. The van der Waals surface area contributed by atoms with E-state index in [9.17, 15) is 4.79 Å². The summed E-state index contributed by atoms with van der Waals surface area (Å²) in [6.07, 6.45) is 2.75. The molecule has 2 rings (SSSR count). The second-order valence-corrected chi connectivity index (χ2v) is 4.52. The molecule has 18 heavy (non-hydrogen) atoms. The summed E-state index contributed by atoms with van der Waals surface area (Å²) in [6, 6.07) is 0.00131. The summed E-state index contributed by atoms with van der Waals surface area (Å²) in [5.41, 5.74) is 0. The third-order valence-electron chi connectivity index (χ3n) is 3.19. The summed E-state index contributed by atoms with van der Waals surface area (Å²) < 4.78 is 5.13. The fraction of sp³-hybridized carbons (Fsp3) is 0.750. The van der Waals surface area contributed by atoms with E-state index >= 15 is 0 Å². The maximum absolute atomic E-state index is 11.8. The van der Waals surface area contributed by atoms with E-state index < -0.39 is 0 Å². The fourth-order valence-corrected chi connectivity index (χ4v) is 2.21. The van der Waals surface area contributed by atoms with Gasteiger partial charge in [0.1, 0.15) is 0 Å². The van der Waals surface area contributed by atoms with Gasteiger partial charge in [0.2, 0.25) is 5.89 Å². The number of urea groups is 1. The van der Waals surface area contributed by atoms with Crippen LogP contribution >= 0.6 is 0 Å². The SMILES string of the molecule is CCNC(=O)N1CCCC(c2noc(CC)n2)C1. The summed E-state index contributed by atoms with van der Waals surface area (Å²) >= 11 is 0. The van der Waals surface area contributed by atoms with Crippen LogP contribution in [0.2, 0.25) is 0 Å². The molecule has 0 saturated carbocycles. The van der Waals surface area contributed by atoms with Crippen molar-refractivity contribution >= 4 is 6.03 Å². The Labute approximate surface area is 107 Å². The molecule has 1 atom stereocenters. The van der Waals surface area contributed by atoms with Gasteiger partial charge in [0.05, 0.1) is 0 Å². The molecular formula is C12H20N4O2. The predicted octanol–water partition coefficient (Wildman–Crippen LogP) is 1.54. The summed E-state index contributed by atoms with van der Waals surface area (Å²) in [5.74, 6) is 1.60. The fourth-order valence-electron chi connectivity index (χ4n) is 2.21. The second-order valence-electron chi connectivity index (χ2n) is 4.52. The third kappa shape index (κ3) is 2.80. The molecule has 1 aromatic rings. The van der Waals surface area contributed by atoms with Gasteiger partial charge >= 0.3 is 6.03 Å². The van der Waals surface area contributed by atoms with Crippen molar-refractivity contribution in [1.29, 1.82) is 0 Å². The lowest BCUT2D eigenvalue weighted by Gasteiger charge is -2.31. The highest BCUT2D eigenvalue weighted by Gasteiger charge is 2.27. The minimum absolute atomic E-state index is 0.00131. The molecule has 2 amide bonds. The summed E-state index contributed by atoms with van der Waals surface area (Å²) in [7, 11) is 0.